The van der Waals surface area contributed by atoms with Gasteiger partial charge in [0, 0.05) is 48.7 Å². The molecule has 1 N–H and O–H groups in total. The summed E-state index contributed by atoms with van der Waals surface area (Å²) in [7, 11) is 0. The summed E-state index contributed by atoms with van der Waals surface area (Å²) in [4.78, 5) is 13.8. The molecule has 1 aromatic carbocycles. The molecule has 2 aliphatic heterocycles. The van der Waals surface area contributed by atoms with Gasteiger partial charge in [-0.15, -0.1) is 0 Å². The van der Waals surface area contributed by atoms with E-state index in [0.29, 0.717) is 5.11 Å². The second kappa shape index (κ2) is 9.48. The van der Waals surface area contributed by atoms with Gasteiger partial charge in [0.25, 0.3) is 0 Å². The highest BCUT2D eigenvalue weighted by molar-refractivity contribution is 7.80. The molecule has 0 spiro atoms. The molecule has 3 aromatic heterocycles. The number of morpholine rings is 1. The fourth-order valence-electron chi connectivity index (χ4n) is 4.92. The minimum atomic E-state index is -0.111. The Labute approximate surface area is 210 Å². The van der Waals surface area contributed by atoms with Gasteiger partial charge in [0.1, 0.15) is 11.9 Å². The molecule has 0 unspecified atom stereocenters. The minimum absolute atomic E-state index is 0.108. The number of nitrogens with one attached hydrogen (secondary N) is 1. The van der Waals surface area contributed by atoms with Crippen LogP contribution >= 0.6 is 12.2 Å². The number of hydrogen-bond acceptors (Lipinski definition) is 5. The quantitative estimate of drug-likeness (QED) is 0.426. The highest BCUT2D eigenvalue weighted by atomic mass is 32.1. The van der Waals surface area contributed by atoms with Crippen LogP contribution in [0.3, 0.4) is 0 Å². The summed E-state index contributed by atoms with van der Waals surface area (Å²) in [5.74, 6) is 0.868. The van der Waals surface area contributed by atoms with E-state index in [1.165, 1.54) is 5.69 Å². The first-order valence-corrected chi connectivity index (χ1v) is 12.2. The van der Waals surface area contributed by atoms with Crippen LogP contribution in [0.4, 0.5) is 11.4 Å². The van der Waals surface area contributed by atoms with Crippen LogP contribution in [0, 0.1) is 0 Å². The van der Waals surface area contributed by atoms with Crippen molar-refractivity contribution < 1.29 is 4.74 Å². The molecule has 4 aromatic rings. The predicted molar refractivity (Wildman–Crippen MR) is 141 cm³/mol. The number of rotatable bonds is 5. The van der Waals surface area contributed by atoms with Crippen LogP contribution in [0.25, 0.3) is 5.82 Å². The van der Waals surface area contributed by atoms with E-state index in [4.69, 9.17) is 17.0 Å². The Bertz CT molecular complexity index is 1290. The Hall–Kier alpha value is -3.75. The van der Waals surface area contributed by atoms with E-state index < -0.39 is 0 Å². The maximum atomic E-state index is 5.90. The summed E-state index contributed by atoms with van der Waals surface area (Å²) in [6.45, 7) is 3.34. The SMILES string of the molecule is S=C1N[C@H](c2ccccn2)[C@@H](c2cccn2-c2ccccn2)N1c1ccc(N2CCOCC2)cc1. The van der Waals surface area contributed by atoms with Gasteiger partial charge in [0.05, 0.1) is 24.9 Å². The molecule has 7 nitrogen and oxygen atoms in total. The molecule has 2 aliphatic rings. The van der Waals surface area contributed by atoms with E-state index in [2.05, 4.69) is 66.0 Å². The van der Waals surface area contributed by atoms with Gasteiger partial charge < -0.3 is 24.4 Å². The van der Waals surface area contributed by atoms with Crippen molar-refractivity contribution in [2.24, 2.45) is 0 Å². The van der Waals surface area contributed by atoms with Gasteiger partial charge >= 0.3 is 0 Å². The number of pyridine rings is 2. The van der Waals surface area contributed by atoms with Crippen molar-refractivity contribution in [2.45, 2.75) is 12.1 Å². The van der Waals surface area contributed by atoms with E-state index in [1.54, 1.807) is 0 Å². The molecule has 2 atom stereocenters. The Morgan fingerprint density at radius 2 is 1.57 bits per heavy atom. The molecule has 5 heterocycles. The molecular formula is C27H26N6OS. The first-order valence-electron chi connectivity index (χ1n) is 11.8. The fourth-order valence-corrected chi connectivity index (χ4v) is 5.26. The number of anilines is 2. The molecule has 0 radical (unpaired) electrons. The fraction of sp³-hybridized carbons (Fsp3) is 0.222. The van der Waals surface area contributed by atoms with Gasteiger partial charge in [-0.25, -0.2) is 4.98 Å². The third-order valence-electron chi connectivity index (χ3n) is 6.58. The zero-order valence-electron chi connectivity index (χ0n) is 19.2. The van der Waals surface area contributed by atoms with Crippen LogP contribution in [0.5, 0.6) is 0 Å². The lowest BCUT2D eigenvalue weighted by atomic mass is 10.0. The molecule has 0 amide bonds. The molecule has 6 rings (SSSR count). The number of nitrogens with zero attached hydrogens (tertiary/aromatic N) is 5. The molecule has 35 heavy (non-hydrogen) atoms. The van der Waals surface area contributed by atoms with Crippen molar-refractivity contribution in [2.75, 3.05) is 36.1 Å². The van der Waals surface area contributed by atoms with Gasteiger partial charge in [-0.3, -0.25) is 4.98 Å². The normalized spacial score (nSPS) is 20.2. The van der Waals surface area contributed by atoms with E-state index in [0.717, 1.165) is 49.2 Å². The average Bonchev–Trinajstić information content (AvgIpc) is 3.55. The zero-order chi connectivity index (χ0) is 23.6. The Kier molecular flexibility index (Phi) is 5.89. The molecule has 2 fully saturated rings. The molecule has 0 aliphatic carbocycles. The topological polar surface area (TPSA) is 58.5 Å². The maximum Gasteiger partial charge on any atom is 0.174 e. The number of hydrogen-bond donors (Lipinski definition) is 1. The molecule has 176 valence electrons. The summed E-state index contributed by atoms with van der Waals surface area (Å²) < 4.78 is 7.64. The van der Waals surface area contributed by atoms with E-state index in [-0.39, 0.29) is 12.1 Å². The second-order valence-corrected chi connectivity index (χ2v) is 8.99. The lowest BCUT2D eigenvalue weighted by Crippen LogP contribution is -2.36. The van der Waals surface area contributed by atoms with Crippen LogP contribution in [-0.4, -0.2) is 46.0 Å². The smallest absolute Gasteiger partial charge is 0.174 e. The standard InChI is InChI=1S/C27H26N6OS/c35-27-30-25(22-6-1-3-13-28-22)26(23-7-5-15-32(23)24-8-2-4-14-29-24)33(27)21-11-9-20(10-12-21)31-16-18-34-19-17-31/h1-15,25-26H,16-19H2,(H,30,35)/t25-,26-/m1/s1. The number of aromatic nitrogens is 3. The summed E-state index contributed by atoms with van der Waals surface area (Å²) in [6.07, 6.45) is 5.69. The third-order valence-corrected chi connectivity index (χ3v) is 6.90. The highest BCUT2D eigenvalue weighted by Gasteiger charge is 2.42. The molecule has 0 bridgehead atoms. The molecule has 8 heteroatoms. The highest BCUT2D eigenvalue weighted by Crippen LogP contribution is 2.42. The van der Waals surface area contributed by atoms with Crippen LogP contribution in [0.15, 0.2) is 91.4 Å². The van der Waals surface area contributed by atoms with Gasteiger partial charge in [-0.05, 0) is 72.9 Å². The van der Waals surface area contributed by atoms with Crippen LogP contribution < -0.4 is 15.1 Å². The number of benzene rings is 1. The zero-order valence-corrected chi connectivity index (χ0v) is 20.0. The van der Waals surface area contributed by atoms with Crippen molar-refractivity contribution >= 4 is 28.7 Å². The summed E-state index contributed by atoms with van der Waals surface area (Å²) in [6, 6.07) is 24.6. The monoisotopic (exact) mass is 482 g/mol. The summed E-state index contributed by atoms with van der Waals surface area (Å²) in [5, 5.41) is 4.23. The van der Waals surface area contributed by atoms with E-state index in [9.17, 15) is 0 Å². The number of ether oxygens (including phenoxy) is 1. The van der Waals surface area contributed by atoms with Gasteiger partial charge in [-0.2, -0.15) is 0 Å². The van der Waals surface area contributed by atoms with Gasteiger partial charge in [0.15, 0.2) is 5.11 Å². The Morgan fingerprint density at radius 1 is 0.829 bits per heavy atom. The average molecular weight is 483 g/mol. The first kappa shape index (κ1) is 21.8. The maximum absolute atomic E-state index is 5.90. The predicted octanol–water partition coefficient (Wildman–Crippen LogP) is 4.28. The van der Waals surface area contributed by atoms with E-state index in [1.807, 2.05) is 55.0 Å². The van der Waals surface area contributed by atoms with Crippen molar-refractivity contribution in [3.8, 4) is 5.82 Å². The van der Waals surface area contributed by atoms with Crippen LogP contribution in [0.1, 0.15) is 23.5 Å². The van der Waals surface area contributed by atoms with Crippen LogP contribution in [0.2, 0.25) is 0 Å². The molecule has 0 saturated carbocycles. The van der Waals surface area contributed by atoms with Gasteiger partial charge in [0.2, 0.25) is 0 Å². The Morgan fingerprint density at radius 3 is 2.29 bits per heavy atom. The second-order valence-electron chi connectivity index (χ2n) is 8.60. The largest absolute Gasteiger partial charge is 0.378 e. The summed E-state index contributed by atoms with van der Waals surface area (Å²) in [5.41, 5.74) is 4.27. The number of thiocarbonyl (C=S) groups is 1. The van der Waals surface area contributed by atoms with Crippen LogP contribution in [-0.2, 0) is 4.74 Å². The Balaban J connectivity index is 1.41. The van der Waals surface area contributed by atoms with Crippen molar-refractivity contribution in [3.05, 3.63) is 103 Å². The van der Waals surface area contributed by atoms with Gasteiger partial charge in [-0.1, -0.05) is 12.1 Å². The van der Waals surface area contributed by atoms with Crippen molar-refractivity contribution in [3.63, 3.8) is 0 Å². The van der Waals surface area contributed by atoms with Crippen molar-refractivity contribution in [1.29, 1.82) is 0 Å². The minimum Gasteiger partial charge on any atom is -0.378 e. The third kappa shape index (κ3) is 4.15. The lowest BCUT2D eigenvalue weighted by Gasteiger charge is -2.31. The first-order chi connectivity index (χ1) is 17.3. The molecular weight excluding hydrogens is 456 g/mol. The molecule has 2 saturated heterocycles. The van der Waals surface area contributed by atoms with E-state index >= 15 is 0 Å². The lowest BCUT2D eigenvalue weighted by molar-refractivity contribution is 0.122. The summed E-state index contributed by atoms with van der Waals surface area (Å²) >= 11 is 5.90. The van der Waals surface area contributed by atoms with Crippen molar-refractivity contribution in [1.82, 2.24) is 19.9 Å².